The Morgan fingerprint density at radius 2 is 2.08 bits per heavy atom. The van der Waals surface area contributed by atoms with Gasteiger partial charge in [0.1, 0.15) is 5.69 Å². The van der Waals surface area contributed by atoms with Crippen LogP contribution >= 0.6 is 11.6 Å². The second kappa shape index (κ2) is 7.15. The number of benzene rings is 1. The summed E-state index contributed by atoms with van der Waals surface area (Å²) in [4.78, 5) is 14.3. The van der Waals surface area contributed by atoms with Crippen molar-refractivity contribution in [1.29, 1.82) is 0 Å². The number of carbonyl (C=O) groups excluding carboxylic acids is 1. The third kappa shape index (κ3) is 4.59. The number of aromatic amines is 1. The fourth-order valence-electron chi connectivity index (χ4n) is 2.93. The zero-order valence-electron chi connectivity index (χ0n) is 13.7. The van der Waals surface area contributed by atoms with Crippen molar-refractivity contribution in [1.82, 2.24) is 19.8 Å². The van der Waals surface area contributed by atoms with E-state index in [0.29, 0.717) is 29.5 Å². The molecule has 1 aliphatic rings. The lowest BCUT2D eigenvalue weighted by molar-refractivity contribution is 0.0697. The number of piperidine rings is 1. The highest BCUT2D eigenvalue weighted by Gasteiger charge is 2.27. The van der Waals surface area contributed by atoms with Crippen molar-refractivity contribution >= 4 is 27.5 Å². The molecule has 0 radical (unpaired) electrons. The zero-order chi connectivity index (χ0) is 18.0. The first-order chi connectivity index (χ1) is 11.8. The molecule has 1 aliphatic heterocycles. The molecule has 25 heavy (non-hydrogen) atoms. The van der Waals surface area contributed by atoms with Crippen molar-refractivity contribution in [3.63, 3.8) is 0 Å². The van der Waals surface area contributed by atoms with Gasteiger partial charge in [0.2, 0.25) is 10.0 Å². The van der Waals surface area contributed by atoms with Gasteiger partial charge in [-0.1, -0.05) is 23.7 Å². The Balaban J connectivity index is 1.71. The van der Waals surface area contributed by atoms with Crippen molar-refractivity contribution in [2.75, 3.05) is 19.3 Å². The molecule has 1 amide bonds. The molecule has 1 saturated heterocycles. The Bertz CT molecular complexity index is 864. The maximum absolute atomic E-state index is 12.7. The number of hydrogen-bond donors (Lipinski definition) is 2. The predicted molar refractivity (Wildman–Crippen MR) is 95.9 cm³/mol. The maximum atomic E-state index is 12.7. The highest BCUT2D eigenvalue weighted by molar-refractivity contribution is 7.88. The van der Waals surface area contributed by atoms with E-state index in [-0.39, 0.29) is 11.9 Å². The number of sulfonamides is 1. The van der Waals surface area contributed by atoms with Crippen molar-refractivity contribution in [2.24, 2.45) is 0 Å². The molecule has 0 saturated carbocycles. The summed E-state index contributed by atoms with van der Waals surface area (Å²) >= 11 is 5.88. The van der Waals surface area contributed by atoms with Gasteiger partial charge < -0.3 is 4.90 Å². The van der Waals surface area contributed by atoms with E-state index in [4.69, 9.17) is 11.6 Å². The lowest BCUT2D eigenvalue weighted by atomic mass is 10.1. The van der Waals surface area contributed by atoms with E-state index in [0.717, 1.165) is 24.7 Å². The van der Waals surface area contributed by atoms with Gasteiger partial charge in [0.15, 0.2) is 0 Å². The molecule has 0 aliphatic carbocycles. The molecule has 2 heterocycles. The number of nitrogens with one attached hydrogen (secondary N) is 2. The van der Waals surface area contributed by atoms with Crippen LogP contribution in [-0.4, -0.2) is 54.8 Å². The molecule has 2 aromatic rings. The highest BCUT2D eigenvalue weighted by atomic mass is 35.5. The van der Waals surface area contributed by atoms with Gasteiger partial charge in [-0.2, -0.15) is 5.10 Å². The lowest BCUT2D eigenvalue weighted by Gasteiger charge is -2.32. The van der Waals surface area contributed by atoms with Crippen LogP contribution in [0.2, 0.25) is 5.02 Å². The fraction of sp³-hybridized carbons (Fsp3) is 0.375. The molecule has 2 N–H and O–H groups in total. The molecule has 1 atom stereocenters. The Kier molecular flexibility index (Phi) is 5.12. The van der Waals surface area contributed by atoms with E-state index in [9.17, 15) is 13.2 Å². The van der Waals surface area contributed by atoms with Gasteiger partial charge in [-0.15, -0.1) is 0 Å². The number of likely N-dealkylation sites (tertiary alicyclic amines) is 1. The molecule has 134 valence electrons. The SMILES string of the molecule is CS(=O)(=O)NC1CCCN(C(=O)c2cc(-c3ccc(Cl)cc3)n[nH]2)C1. The van der Waals surface area contributed by atoms with E-state index in [1.165, 1.54) is 0 Å². The largest absolute Gasteiger partial charge is 0.336 e. The molecular formula is C16H19ClN4O3S. The molecular weight excluding hydrogens is 364 g/mol. The number of H-pyrrole nitrogens is 1. The van der Waals surface area contributed by atoms with Crippen LogP contribution in [0.3, 0.4) is 0 Å². The average Bonchev–Trinajstić information content (AvgIpc) is 3.03. The second-order valence-corrected chi connectivity index (χ2v) is 8.37. The lowest BCUT2D eigenvalue weighted by Crippen LogP contribution is -2.49. The third-order valence-corrected chi connectivity index (χ3v) is 5.05. The van der Waals surface area contributed by atoms with E-state index in [1.54, 1.807) is 23.1 Å². The summed E-state index contributed by atoms with van der Waals surface area (Å²) in [5, 5.41) is 7.58. The Hall–Kier alpha value is -1.90. The quantitative estimate of drug-likeness (QED) is 0.844. The van der Waals surface area contributed by atoms with Gasteiger partial charge in [0.05, 0.1) is 11.9 Å². The second-order valence-electron chi connectivity index (χ2n) is 6.15. The summed E-state index contributed by atoms with van der Waals surface area (Å²) in [6.07, 6.45) is 2.59. The summed E-state index contributed by atoms with van der Waals surface area (Å²) in [5.74, 6) is -0.187. The summed E-state index contributed by atoms with van der Waals surface area (Å²) < 4.78 is 25.4. The number of carbonyl (C=O) groups is 1. The van der Waals surface area contributed by atoms with Crippen LogP contribution in [0.25, 0.3) is 11.3 Å². The van der Waals surface area contributed by atoms with Gasteiger partial charge in [-0.25, -0.2) is 13.1 Å². The Labute approximate surface area is 151 Å². The Morgan fingerprint density at radius 1 is 1.36 bits per heavy atom. The number of amides is 1. The smallest absolute Gasteiger partial charge is 0.271 e. The minimum atomic E-state index is -3.29. The molecule has 1 unspecified atom stereocenters. The summed E-state index contributed by atoms with van der Waals surface area (Å²) in [7, 11) is -3.29. The normalized spacial score (nSPS) is 18.3. The number of aromatic nitrogens is 2. The third-order valence-electron chi connectivity index (χ3n) is 4.04. The minimum Gasteiger partial charge on any atom is -0.336 e. The van der Waals surface area contributed by atoms with E-state index in [1.807, 2.05) is 12.1 Å². The first-order valence-electron chi connectivity index (χ1n) is 7.90. The van der Waals surface area contributed by atoms with Crippen molar-refractivity contribution in [3.8, 4) is 11.3 Å². The summed E-state index contributed by atoms with van der Waals surface area (Å²) in [6, 6.07) is 8.63. The van der Waals surface area contributed by atoms with Crippen molar-refractivity contribution in [3.05, 3.63) is 41.0 Å². The van der Waals surface area contributed by atoms with Crippen LogP contribution in [0, 0.1) is 0 Å². The molecule has 7 nitrogen and oxygen atoms in total. The molecule has 1 fully saturated rings. The topological polar surface area (TPSA) is 95.2 Å². The van der Waals surface area contributed by atoms with Crippen LogP contribution in [0.15, 0.2) is 30.3 Å². The maximum Gasteiger partial charge on any atom is 0.271 e. The van der Waals surface area contributed by atoms with Gasteiger partial charge >= 0.3 is 0 Å². The number of hydrogen-bond acceptors (Lipinski definition) is 4. The number of rotatable bonds is 4. The standard InChI is InChI=1S/C16H19ClN4O3S/c1-25(23,24)20-13-3-2-8-21(10-13)16(22)15-9-14(18-19-15)11-4-6-12(17)7-5-11/h4-7,9,13,20H,2-3,8,10H2,1H3,(H,18,19). The fourth-order valence-corrected chi connectivity index (χ4v) is 3.85. The molecule has 0 bridgehead atoms. The minimum absolute atomic E-state index is 0.187. The van der Waals surface area contributed by atoms with Crippen molar-refractivity contribution in [2.45, 2.75) is 18.9 Å². The number of halogens is 1. The average molecular weight is 383 g/mol. The monoisotopic (exact) mass is 382 g/mol. The van der Waals surface area contributed by atoms with Crippen LogP contribution in [0.4, 0.5) is 0 Å². The summed E-state index contributed by atoms with van der Waals surface area (Å²) in [5.41, 5.74) is 1.89. The number of nitrogens with zero attached hydrogens (tertiary/aromatic N) is 2. The molecule has 0 spiro atoms. The van der Waals surface area contributed by atoms with Gasteiger partial charge in [0.25, 0.3) is 5.91 Å². The highest BCUT2D eigenvalue weighted by Crippen LogP contribution is 2.21. The van der Waals surface area contributed by atoms with Gasteiger partial charge in [-0.3, -0.25) is 9.89 Å². The predicted octanol–water partition coefficient (Wildman–Crippen LogP) is 1.88. The van der Waals surface area contributed by atoms with E-state index >= 15 is 0 Å². The van der Waals surface area contributed by atoms with Crippen LogP contribution in [0.1, 0.15) is 23.3 Å². The molecule has 1 aromatic heterocycles. The van der Waals surface area contributed by atoms with Crippen LogP contribution in [-0.2, 0) is 10.0 Å². The van der Waals surface area contributed by atoms with E-state index in [2.05, 4.69) is 14.9 Å². The first kappa shape index (κ1) is 17.9. The van der Waals surface area contributed by atoms with Crippen LogP contribution < -0.4 is 4.72 Å². The zero-order valence-corrected chi connectivity index (χ0v) is 15.3. The molecule has 3 rings (SSSR count). The molecule has 1 aromatic carbocycles. The van der Waals surface area contributed by atoms with Gasteiger partial charge in [-0.05, 0) is 31.0 Å². The molecule has 9 heteroatoms. The van der Waals surface area contributed by atoms with Crippen molar-refractivity contribution < 1.29 is 13.2 Å². The Morgan fingerprint density at radius 3 is 2.76 bits per heavy atom. The van der Waals surface area contributed by atoms with Crippen LogP contribution in [0.5, 0.6) is 0 Å². The first-order valence-corrected chi connectivity index (χ1v) is 10.2. The van der Waals surface area contributed by atoms with Gasteiger partial charge in [0, 0.05) is 29.7 Å². The summed E-state index contributed by atoms with van der Waals surface area (Å²) in [6.45, 7) is 0.942. The van der Waals surface area contributed by atoms with E-state index < -0.39 is 10.0 Å².